The van der Waals surface area contributed by atoms with E-state index in [9.17, 15) is 0 Å². The molecule has 9 heavy (non-hydrogen) atoms. The zero-order valence-corrected chi connectivity index (χ0v) is 5.37. The highest BCUT2D eigenvalue weighted by atomic mass is 16.5. The predicted molar refractivity (Wildman–Crippen MR) is 35.9 cm³/mol. The number of ether oxygens (including phenoxy) is 1. The van der Waals surface area contributed by atoms with Crippen LogP contribution in [0.3, 0.4) is 0 Å². The largest absolute Gasteiger partial charge is 0.489 e. The van der Waals surface area contributed by atoms with Crippen LogP contribution in [0.15, 0.2) is 17.5 Å². The molecule has 0 aromatic carbocycles. The Hall–Kier alpha value is -0.990. The van der Waals surface area contributed by atoms with Crippen molar-refractivity contribution in [3.8, 4) is 0 Å². The minimum absolute atomic E-state index is 0.00463. The fraction of sp³-hybridized carbons (Fsp3) is 0.500. The molecular formula is C6H10N2O. The Labute approximate surface area is 54.2 Å². The lowest BCUT2D eigenvalue weighted by Crippen LogP contribution is -2.30. The van der Waals surface area contributed by atoms with Gasteiger partial charge in [-0.25, -0.2) is 4.99 Å². The lowest BCUT2D eigenvalue weighted by Gasteiger charge is -2.15. The molecule has 1 aliphatic rings. The van der Waals surface area contributed by atoms with Gasteiger partial charge >= 0.3 is 0 Å². The van der Waals surface area contributed by atoms with Crippen LogP contribution in [0.5, 0.6) is 0 Å². The molecule has 1 unspecified atom stereocenters. The number of hydrogen-bond donors (Lipinski definition) is 1. The summed E-state index contributed by atoms with van der Waals surface area (Å²) < 4.78 is 5.10. The van der Waals surface area contributed by atoms with Crippen LogP contribution in [0.2, 0.25) is 0 Å². The van der Waals surface area contributed by atoms with Crippen LogP contribution in [-0.4, -0.2) is 11.9 Å². The van der Waals surface area contributed by atoms with E-state index in [4.69, 9.17) is 10.5 Å². The molecule has 0 aromatic rings. The summed E-state index contributed by atoms with van der Waals surface area (Å²) in [4.78, 5) is 3.87. The van der Waals surface area contributed by atoms with Crippen molar-refractivity contribution >= 4 is 5.84 Å². The number of hydrogen-bond acceptors (Lipinski definition) is 3. The Kier molecular flexibility index (Phi) is 1.72. The predicted octanol–water partition coefficient (Wildman–Crippen LogP) is 0.624. The zero-order chi connectivity index (χ0) is 6.69. The van der Waals surface area contributed by atoms with E-state index in [1.54, 1.807) is 12.5 Å². The van der Waals surface area contributed by atoms with Gasteiger partial charge in [-0.2, -0.15) is 0 Å². The van der Waals surface area contributed by atoms with Crippen molar-refractivity contribution < 1.29 is 4.74 Å². The highest BCUT2D eigenvalue weighted by Crippen LogP contribution is 2.03. The average molecular weight is 126 g/mol. The van der Waals surface area contributed by atoms with Gasteiger partial charge in [0.2, 0.25) is 0 Å². The van der Waals surface area contributed by atoms with E-state index >= 15 is 0 Å². The molecular weight excluding hydrogens is 116 g/mol. The van der Waals surface area contributed by atoms with Crippen molar-refractivity contribution in [1.29, 1.82) is 0 Å². The van der Waals surface area contributed by atoms with E-state index in [0.717, 1.165) is 6.42 Å². The minimum atomic E-state index is -0.00463. The number of nitrogens with zero attached hydrogens (tertiary/aromatic N) is 1. The van der Waals surface area contributed by atoms with Crippen LogP contribution in [0.1, 0.15) is 13.3 Å². The average Bonchev–Trinajstić information content (AvgIpc) is 1.89. The van der Waals surface area contributed by atoms with Gasteiger partial charge in [-0.1, -0.05) is 6.92 Å². The maximum Gasteiger partial charge on any atom is 0.154 e. The Morgan fingerprint density at radius 2 is 2.67 bits per heavy atom. The summed E-state index contributed by atoms with van der Waals surface area (Å²) in [7, 11) is 0. The molecule has 0 bridgehead atoms. The number of nitrogens with two attached hydrogens (primary N) is 1. The number of aliphatic imine (C=N–C) groups is 1. The molecule has 3 nitrogen and oxygen atoms in total. The standard InChI is InChI=1S/C6H10N2O/c1-2-5-6(7)8-3-4-9-5/h3-5H,2H2,1H3,(H2,7,8). The normalized spacial score (nSPS) is 25.0. The van der Waals surface area contributed by atoms with Gasteiger partial charge in [0.15, 0.2) is 6.10 Å². The highest BCUT2D eigenvalue weighted by molar-refractivity contribution is 5.85. The molecule has 0 aliphatic carbocycles. The summed E-state index contributed by atoms with van der Waals surface area (Å²) in [5.41, 5.74) is 5.46. The summed E-state index contributed by atoms with van der Waals surface area (Å²) in [6.07, 6.45) is 3.99. The Bertz CT molecular complexity index is 151. The molecule has 0 spiro atoms. The fourth-order valence-electron chi connectivity index (χ4n) is 0.705. The van der Waals surface area contributed by atoms with Gasteiger partial charge in [-0.15, -0.1) is 0 Å². The van der Waals surface area contributed by atoms with E-state index in [2.05, 4.69) is 4.99 Å². The van der Waals surface area contributed by atoms with E-state index < -0.39 is 0 Å². The molecule has 1 rings (SSSR count). The van der Waals surface area contributed by atoms with Crippen molar-refractivity contribution in [3.05, 3.63) is 12.5 Å². The highest BCUT2D eigenvalue weighted by Gasteiger charge is 2.11. The summed E-state index contributed by atoms with van der Waals surface area (Å²) >= 11 is 0. The van der Waals surface area contributed by atoms with Crippen molar-refractivity contribution in [2.24, 2.45) is 10.7 Å². The molecule has 0 fully saturated rings. The van der Waals surface area contributed by atoms with Gasteiger partial charge in [-0.05, 0) is 6.42 Å². The van der Waals surface area contributed by atoms with Crippen LogP contribution >= 0.6 is 0 Å². The second-order valence-electron chi connectivity index (χ2n) is 1.87. The SMILES string of the molecule is CCC1OC=CN=C1N. The van der Waals surface area contributed by atoms with Crippen LogP contribution in [-0.2, 0) is 4.74 Å². The Morgan fingerprint density at radius 1 is 1.89 bits per heavy atom. The quantitative estimate of drug-likeness (QED) is 0.560. The third-order valence-corrected chi connectivity index (χ3v) is 1.23. The monoisotopic (exact) mass is 126 g/mol. The first kappa shape index (κ1) is 6.13. The lowest BCUT2D eigenvalue weighted by molar-refractivity contribution is 0.193. The van der Waals surface area contributed by atoms with Crippen molar-refractivity contribution in [2.75, 3.05) is 0 Å². The zero-order valence-electron chi connectivity index (χ0n) is 5.37. The van der Waals surface area contributed by atoms with Gasteiger partial charge in [0.1, 0.15) is 12.1 Å². The van der Waals surface area contributed by atoms with Gasteiger partial charge in [0, 0.05) is 0 Å². The van der Waals surface area contributed by atoms with Crippen LogP contribution in [0, 0.1) is 0 Å². The fourth-order valence-corrected chi connectivity index (χ4v) is 0.705. The van der Waals surface area contributed by atoms with Gasteiger partial charge in [0.25, 0.3) is 0 Å². The van der Waals surface area contributed by atoms with Gasteiger partial charge in [-0.3, -0.25) is 0 Å². The molecule has 0 amide bonds. The number of rotatable bonds is 1. The first-order valence-electron chi connectivity index (χ1n) is 2.98. The Morgan fingerprint density at radius 3 is 3.11 bits per heavy atom. The van der Waals surface area contributed by atoms with E-state index in [0.29, 0.717) is 5.84 Å². The van der Waals surface area contributed by atoms with E-state index in [1.165, 1.54) is 0 Å². The molecule has 1 heterocycles. The first-order chi connectivity index (χ1) is 4.34. The third-order valence-electron chi connectivity index (χ3n) is 1.23. The molecule has 0 aromatic heterocycles. The van der Waals surface area contributed by atoms with Crippen LogP contribution in [0.4, 0.5) is 0 Å². The van der Waals surface area contributed by atoms with Crippen LogP contribution in [0.25, 0.3) is 0 Å². The van der Waals surface area contributed by atoms with E-state index in [1.807, 2.05) is 6.92 Å². The molecule has 2 N–H and O–H groups in total. The summed E-state index contributed by atoms with van der Waals surface area (Å²) in [5, 5.41) is 0. The molecule has 1 atom stereocenters. The van der Waals surface area contributed by atoms with Crippen LogP contribution < -0.4 is 5.73 Å². The topological polar surface area (TPSA) is 47.6 Å². The van der Waals surface area contributed by atoms with Gasteiger partial charge < -0.3 is 10.5 Å². The van der Waals surface area contributed by atoms with Gasteiger partial charge in [0.05, 0.1) is 6.20 Å². The Balaban J connectivity index is 2.59. The lowest BCUT2D eigenvalue weighted by atomic mass is 10.2. The first-order valence-corrected chi connectivity index (χ1v) is 2.98. The smallest absolute Gasteiger partial charge is 0.154 e. The summed E-state index contributed by atoms with van der Waals surface area (Å²) in [5.74, 6) is 0.569. The maximum atomic E-state index is 5.46. The minimum Gasteiger partial charge on any atom is -0.489 e. The molecule has 0 saturated heterocycles. The molecule has 0 saturated carbocycles. The molecule has 1 aliphatic heterocycles. The third kappa shape index (κ3) is 1.22. The van der Waals surface area contributed by atoms with Crippen molar-refractivity contribution in [3.63, 3.8) is 0 Å². The second kappa shape index (κ2) is 2.53. The summed E-state index contributed by atoms with van der Waals surface area (Å²) in [6, 6.07) is 0. The molecule has 50 valence electrons. The number of amidine groups is 1. The molecule has 0 radical (unpaired) electrons. The van der Waals surface area contributed by atoms with Crippen molar-refractivity contribution in [1.82, 2.24) is 0 Å². The van der Waals surface area contributed by atoms with E-state index in [-0.39, 0.29) is 6.10 Å². The van der Waals surface area contributed by atoms with Crippen molar-refractivity contribution in [2.45, 2.75) is 19.4 Å². The molecule has 3 heteroatoms. The second-order valence-corrected chi connectivity index (χ2v) is 1.87. The summed E-state index contributed by atoms with van der Waals surface area (Å²) in [6.45, 7) is 2.01. The maximum absolute atomic E-state index is 5.46.